The molecule has 0 saturated heterocycles. The molecular formula is C18H20Br2O. The summed E-state index contributed by atoms with van der Waals surface area (Å²) >= 11 is 7.13. The third-order valence-corrected chi connectivity index (χ3v) is 4.91. The highest BCUT2D eigenvalue weighted by molar-refractivity contribution is 9.10. The summed E-state index contributed by atoms with van der Waals surface area (Å²) in [6.07, 6.45) is 2.13. The third-order valence-electron chi connectivity index (χ3n) is 3.48. The molecule has 0 amide bonds. The number of aryl methyl sites for hydroxylation is 1. The zero-order chi connectivity index (χ0) is 15.3. The van der Waals surface area contributed by atoms with Crippen LogP contribution in [-0.4, -0.2) is 6.61 Å². The second-order valence-electron chi connectivity index (χ2n) is 5.97. The summed E-state index contributed by atoms with van der Waals surface area (Å²) in [6, 6.07) is 16.4. The van der Waals surface area contributed by atoms with Crippen molar-refractivity contribution in [2.24, 2.45) is 5.41 Å². The molecule has 0 saturated carbocycles. The van der Waals surface area contributed by atoms with Crippen molar-refractivity contribution in [3.8, 4) is 5.75 Å². The van der Waals surface area contributed by atoms with Crippen molar-refractivity contribution < 1.29 is 4.74 Å². The number of benzene rings is 2. The van der Waals surface area contributed by atoms with Crippen molar-refractivity contribution in [2.75, 3.05) is 6.61 Å². The fourth-order valence-electron chi connectivity index (χ4n) is 2.08. The first-order chi connectivity index (χ1) is 9.98. The molecule has 0 spiro atoms. The second-order valence-corrected chi connectivity index (χ2v) is 7.68. The predicted molar refractivity (Wildman–Crippen MR) is 95.9 cm³/mol. The monoisotopic (exact) mass is 410 g/mol. The van der Waals surface area contributed by atoms with E-state index in [9.17, 15) is 0 Å². The zero-order valence-electron chi connectivity index (χ0n) is 12.4. The SMILES string of the molecule is CC(C)(CCc1ccccc1Br)COc1ccccc1Br. The quantitative estimate of drug-likeness (QED) is 0.545. The van der Waals surface area contributed by atoms with E-state index in [1.54, 1.807) is 0 Å². The highest BCUT2D eigenvalue weighted by Gasteiger charge is 2.19. The molecule has 2 aromatic carbocycles. The Morgan fingerprint density at radius 2 is 1.52 bits per heavy atom. The lowest BCUT2D eigenvalue weighted by atomic mass is 9.87. The standard InChI is InChI=1S/C18H20Br2O/c1-18(2,12-11-14-7-3-4-8-15(14)19)13-21-17-10-6-5-9-16(17)20/h3-10H,11-13H2,1-2H3. The van der Waals surface area contributed by atoms with E-state index in [1.165, 1.54) is 10.0 Å². The Bertz CT molecular complexity index is 542. The van der Waals surface area contributed by atoms with E-state index in [1.807, 2.05) is 24.3 Å². The van der Waals surface area contributed by atoms with Gasteiger partial charge in [0.1, 0.15) is 5.75 Å². The van der Waals surface area contributed by atoms with Gasteiger partial charge in [0.25, 0.3) is 0 Å². The molecule has 0 atom stereocenters. The average Bonchev–Trinajstić information content (AvgIpc) is 2.46. The van der Waals surface area contributed by atoms with Gasteiger partial charge in [0.2, 0.25) is 0 Å². The number of ether oxygens (including phenoxy) is 1. The lowest BCUT2D eigenvalue weighted by molar-refractivity contribution is 0.169. The first kappa shape index (κ1) is 16.6. The van der Waals surface area contributed by atoms with Gasteiger partial charge in [-0.1, -0.05) is 60.1 Å². The number of para-hydroxylation sites is 1. The molecule has 0 aromatic heterocycles. The maximum absolute atomic E-state index is 5.96. The largest absolute Gasteiger partial charge is 0.492 e. The minimum atomic E-state index is 0.130. The number of halogens is 2. The number of rotatable bonds is 6. The molecule has 0 heterocycles. The topological polar surface area (TPSA) is 9.23 Å². The minimum Gasteiger partial charge on any atom is -0.492 e. The zero-order valence-corrected chi connectivity index (χ0v) is 15.6. The Morgan fingerprint density at radius 3 is 2.19 bits per heavy atom. The van der Waals surface area contributed by atoms with Crippen LogP contribution in [0.4, 0.5) is 0 Å². The molecule has 2 rings (SSSR count). The fourth-order valence-corrected chi connectivity index (χ4v) is 2.96. The predicted octanol–water partition coefficient (Wildman–Crippen LogP) is 6.25. The first-order valence-corrected chi connectivity index (χ1v) is 8.67. The highest BCUT2D eigenvalue weighted by atomic mass is 79.9. The minimum absolute atomic E-state index is 0.130. The van der Waals surface area contributed by atoms with Crippen LogP contribution in [0.2, 0.25) is 0 Å². The summed E-state index contributed by atoms with van der Waals surface area (Å²) in [5, 5.41) is 0. The Balaban J connectivity index is 1.90. The Labute approximate surface area is 144 Å². The molecule has 112 valence electrons. The van der Waals surface area contributed by atoms with Gasteiger partial charge in [0, 0.05) is 4.47 Å². The summed E-state index contributed by atoms with van der Waals surface area (Å²) in [6.45, 7) is 5.21. The van der Waals surface area contributed by atoms with Crippen molar-refractivity contribution in [3.05, 3.63) is 63.0 Å². The fraction of sp³-hybridized carbons (Fsp3) is 0.333. The van der Waals surface area contributed by atoms with Crippen molar-refractivity contribution in [3.63, 3.8) is 0 Å². The first-order valence-electron chi connectivity index (χ1n) is 7.09. The van der Waals surface area contributed by atoms with Gasteiger partial charge in [-0.2, -0.15) is 0 Å². The Kier molecular flexibility index (Phi) is 5.88. The van der Waals surface area contributed by atoms with Crippen LogP contribution < -0.4 is 4.74 Å². The van der Waals surface area contributed by atoms with Crippen LogP contribution in [0.1, 0.15) is 25.8 Å². The van der Waals surface area contributed by atoms with E-state index in [0.717, 1.165) is 23.1 Å². The van der Waals surface area contributed by atoms with Crippen molar-refractivity contribution in [2.45, 2.75) is 26.7 Å². The Morgan fingerprint density at radius 1 is 0.905 bits per heavy atom. The summed E-state index contributed by atoms with van der Waals surface area (Å²) in [7, 11) is 0. The van der Waals surface area contributed by atoms with Gasteiger partial charge in [-0.3, -0.25) is 0 Å². The van der Waals surface area contributed by atoms with Crippen LogP contribution in [0.3, 0.4) is 0 Å². The Hall–Kier alpha value is -0.800. The molecule has 0 N–H and O–H groups in total. The van der Waals surface area contributed by atoms with E-state index in [2.05, 4.69) is 70.0 Å². The molecule has 3 heteroatoms. The maximum Gasteiger partial charge on any atom is 0.133 e. The smallest absolute Gasteiger partial charge is 0.133 e. The van der Waals surface area contributed by atoms with Crippen molar-refractivity contribution in [1.29, 1.82) is 0 Å². The average molecular weight is 412 g/mol. The van der Waals surface area contributed by atoms with Crippen molar-refractivity contribution >= 4 is 31.9 Å². The van der Waals surface area contributed by atoms with Crippen molar-refractivity contribution in [1.82, 2.24) is 0 Å². The molecule has 0 fully saturated rings. The van der Waals surface area contributed by atoms with Crippen LogP contribution in [0.25, 0.3) is 0 Å². The van der Waals surface area contributed by atoms with Gasteiger partial charge in [0.05, 0.1) is 11.1 Å². The molecule has 0 radical (unpaired) electrons. The van der Waals surface area contributed by atoms with Gasteiger partial charge < -0.3 is 4.74 Å². The van der Waals surface area contributed by atoms with E-state index in [0.29, 0.717) is 6.61 Å². The molecule has 21 heavy (non-hydrogen) atoms. The summed E-state index contributed by atoms with van der Waals surface area (Å²) < 4.78 is 8.16. The number of hydrogen-bond donors (Lipinski definition) is 0. The molecule has 2 aromatic rings. The molecule has 0 aliphatic heterocycles. The van der Waals surface area contributed by atoms with Crippen LogP contribution in [0.15, 0.2) is 57.5 Å². The van der Waals surface area contributed by atoms with Crippen LogP contribution >= 0.6 is 31.9 Å². The molecule has 0 aliphatic carbocycles. The molecular weight excluding hydrogens is 392 g/mol. The van der Waals surface area contributed by atoms with E-state index >= 15 is 0 Å². The number of hydrogen-bond acceptors (Lipinski definition) is 1. The van der Waals surface area contributed by atoms with Gasteiger partial charge >= 0.3 is 0 Å². The van der Waals surface area contributed by atoms with Crippen LogP contribution in [0.5, 0.6) is 5.75 Å². The summed E-state index contributed by atoms with van der Waals surface area (Å²) in [5.74, 6) is 0.909. The van der Waals surface area contributed by atoms with Gasteiger partial charge in [-0.05, 0) is 57.9 Å². The molecule has 0 unspecified atom stereocenters. The molecule has 1 nitrogen and oxygen atoms in total. The normalized spacial score (nSPS) is 11.4. The van der Waals surface area contributed by atoms with Gasteiger partial charge in [-0.15, -0.1) is 0 Å². The highest BCUT2D eigenvalue weighted by Crippen LogP contribution is 2.29. The summed E-state index contributed by atoms with van der Waals surface area (Å²) in [5.41, 5.74) is 1.48. The maximum atomic E-state index is 5.96. The lowest BCUT2D eigenvalue weighted by Gasteiger charge is -2.25. The van der Waals surface area contributed by atoms with Gasteiger partial charge in [0.15, 0.2) is 0 Å². The molecule has 0 bridgehead atoms. The third kappa shape index (κ3) is 5.15. The molecule has 0 aliphatic rings. The van der Waals surface area contributed by atoms with E-state index < -0.39 is 0 Å². The summed E-state index contributed by atoms with van der Waals surface area (Å²) in [4.78, 5) is 0. The van der Waals surface area contributed by atoms with Gasteiger partial charge in [-0.25, -0.2) is 0 Å². The van der Waals surface area contributed by atoms with E-state index in [4.69, 9.17) is 4.74 Å². The second kappa shape index (κ2) is 7.46. The van der Waals surface area contributed by atoms with Crippen LogP contribution in [-0.2, 0) is 6.42 Å². The van der Waals surface area contributed by atoms with Crippen LogP contribution in [0, 0.1) is 5.41 Å². The lowest BCUT2D eigenvalue weighted by Crippen LogP contribution is -2.22. The van der Waals surface area contributed by atoms with E-state index in [-0.39, 0.29) is 5.41 Å².